The molecule has 1 aliphatic rings. The van der Waals surface area contributed by atoms with E-state index in [9.17, 15) is 34.6 Å². The van der Waals surface area contributed by atoms with Gasteiger partial charge in [0.25, 0.3) is 0 Å². The van der Waals surface area contributed by atoms with Crippen molar-refractivity contribution in [1.82, 2.24) is 20.4 Å². The maximum atomic E-state index is 14.1. The summed E-state index contributed by atoms with van der Waals surface area (Å²) in [7, 11) is 1.41. The second-order valence-corrected chi connectivity index (χ2v) is 13.9. The number of nitrogens with zero attached hydrogens (tertiary/aromatic N) is 5. The number of rotatable bonds is 10. The lowest BCUT2D eigenvalue weighted by molar-refractivity contribution is -0.146. The van der Waals surface area contributed by atoms with Gasteiger partial charge in [-0.25, -0.2) is 9.59 Å². The van der Waals surface area contributed by atoms with Crippen molar-refractivity contribution < 1.29 is 33.8 Å². The Hall–Kier alpha value is -4.84. The molecular weight excluding hydrogens is 606 g/mol. The Bertz CT molecular complexity index is 1560. The van der Waals surface area contributed by atoms with E-state index in [2.05, 4.69) is 20.7 Å². The third kappa shape index (κ3) is 9.35. The molecule has 3 rings (SSSR count). The Morgan fingerprint density at radius 2 is 1.70 bits per heavy atom. The first-order valence-electron chi connectivity index (χ1n) is 15.5. The summed E-state index contributed by atoms with van der Waals surface area (Å²) >= 11 is 0. The first kappa shape index (κ1) is 36.6. The lowest BCUT2D eigenvalue weighted by atomic mass is 9.85. The van der Waals surface area contributed by atoms with E-state index in [1.54, 1.807) is 47.6 Å². The van der Waals surface area contributed by atoms with Crippen LogP contribution in [0.25, 0.3) is 21.2 Å². The van der Waals surface area contributed by atoms with Crippen molar-refractivity contribution in [1.29, 1.82) is 0 Å². The molecule has 0 bridgehead atoms. The molecule has 1 fully saturated rings. The molecule has 0 aromatic heterocycles. The third-order valence-corrected chi connectivity index (χ3v) is 8.03. The van der Waals surface area contributed by atoms with Crippen LogP contribution in [0.1, 0.15) is 60.5 Å². The number of fused-ring (bicyclic) bond motifs is 1. The summed E-state index contributed by atoms with van der Waals surface area (Å²) in [5.74, 6) is -3.31. The second-order valence-electron chi connectivity index (χ2n) is 13.9. The number of likely N-dealkylation sites (tertiary alicyclic amines) is 1. The van der Waals surface area contributed by atoms with E-state index in [-0.39, 0.29) is 19.4 Å². The Kier molecular flexibility index (Phi) is 11.5. The molecule has 254 valence electrons. The quantitative estimate of drug-likeness (QED) is 0.196. The van der Waals surface area contributed by atoms with Crippen molar-refractivity contribution in [2.24, 2.45) is 10.5 Å². The van der Waals surface area contributed by atoms with Gasteiger partial charge in [-0.1, -0.05) is 68.4 Å². The van der Waals surface area contributed by atoms with Crippen LogP contribution in [-0.4, -0.2) is 94.1 Å². The average Bonchev–Trinajstić information content (AvgIpc) is 3.40. The number of ether oxygens (including phenoxy) is 1. The molecule has 0 spiro atoms. The first-order chi connectivity index (χ1) is 21.8. The summed E-state index contributed by atoms with van der Waals surface area (Å²) < 4.78 is 5.36. The smallest absolute Gasteiger partial charge is 0.410 e. The highest BCUT2D eigenvalue weighted by Gasteiger charge is 2.47. The Balaban J connectivity index is 1.84. The summed E-state index contributed by atoms with van der Waals surface area (Å²) in [6, 6.07) is 7.33. The van der Waals surface area contributed by atoms with Crippen molar-refractivity contribution in [3.63, 3.8) is 0 Å². The van der Waals surface area contributed by atoms with E-state index in [4.69, 9.17) is 4.74 Å². The van der Waals surface area contributed by atoms with E-state index >= 15 is 0 Å². The average molecular weight is 652 g/mol. The molecule has 4 amide bonds. The zero-order chi connectivity index (χ0) is 35.3. The van der Waals surface area contributed by atoms with E-state index in [1.807, 2.05) is 36.4 Å². The monoisotopic (exact) mass is 651 g/mol. The molecule has 1 heterocycles. The zero-order valence-corrected chi connectivity index (χ0v) is 28.2. The molecule has 47 heavy (non-hydrogen) atoms. The number of amides is 4. The van der Waals surface area contributed by atoms with Crippen molar-refractivity contribution >= 4 is 40.6 Å². The van der Waals surface area contributed by atoms with Crippen molar-refractivity contribution in [3.8, 4) is 0 Å². The van der Waals surface area contributed by atoms with E-state index in [0.29, 0.717) is 5.56 Å². The van der Waals surface area contributed by atoms with Gasteiger partial charge in [-0.05, 0) is 61.4 Å². The molecule has 0 aliphatic carbocycles. The van der Waals surface area contributed by atoms with Crippen LogP contribution in [0.2, 0.25) is 0 Å². The molecule has 0 saturated carbocycles. The van der Waals surface area contributed by atoms with Crippen LogP contribution in [-0.2, 0) is 30.3 Å². The minimum Gasteiger partial charge on any atom is -0.480 e. The summed E-state index contributed by atoms with van der Waals surface area (Å²) in [5, 5.41) is 20.9. The number of carbonyl (C=O) groups excluding carboxylic acids is 4. The maximum absolute atomic E-state index is 14.1. The van der Waals surface area contributed by atoms with Gasteiger partial charge in [-0.15, -0.1) is 0 Å². The van der Waals surface area contributed by atoms with E-state index < -0.39 is 71.0 Å². The summed E-state index contributed by atoms with van der Waals surface area (Å²) in [4.78, 5) is 71.3. The van der Waals surface area contributed by atoms with Crippen molar-refractivity contribution in [2.45, 2.75) is 97.1 Å². The number of azide groups is 1. The highest BCUT2D eigenvalue weighted by atomic mass is 16.6. The fourth-order valence-corrected chi connectivity index (χ4v) is 5.33. The van der Waals surface area contributed by atoms with Crippen LogP contribution in [0.5, 0.6) is 0 Å². The second kappa shape index (κ2) is 14.7. The summed E-state index contributed by atoms with van der Waals surface area (Å²) in [6.45, 7) is 11.8. The molecule has 2 aromatic rings. The van der Waals surface area contributed by atoms with Gasteiger partial charge < -0.3 is 25.4 Å². The van der Waals surface area contributed by atoms with Crippen molar-refractivity contribution in [2.75, 3.05) is 13.6 Å². The molecular formula is C33H45N7O7. The molecule has 2 aromatic carbocycles. The molecule has 0 unspecified atom stereocenters. The van der Waals surface area contributed by atoms with Crippen LogP contribution in [0.3, 0.4) is 0 Å². The summed E-state index contributed by atoms with van der Waals surface area (Å²) in [6.07, 6.45) is -0.592. The highest BCUT2D eigenvalue weighted by Crippen LogP contribution is 2.28. The number of likely N-dealkylation sites (N-methyl/N-ethyl adjacent to an activating group) is 1. The first-order valence-corrected chi connectivity index (χ1v) is 15.5. The number of benzene rings is 2. The largest absolute Gasteiger partial charge is 0.480 e. The molecule has 1 saturated heterocycles. The SMILES string of the molecule is C[C@@H](C(=O)N[C@H](C(=O)N1CC[C@@H](N=[N+]=[N-])[C@H]1C(=O)N[C@@H](Cc1ccc2ccccc2c1)C(=O)O)C(C)(C)C)N(C)C(=O)OC(C)(C)C. The van der Waals surface area contributed by atoms with Gasteiger partial charge in [-0.2, -0.15) is 0 Å². The van der Waals surface area contributed by atoms with Gasteiger partial charge >= 0.3 is 12.1 Å². The minimum absolute atomic E-state index is 0.0253. The molecule has 14 nitrogen and oxygen atoms in total. The maximum Gasteiger partial charge on any atom is 0.410 e. The van der Waals surface area contributed by atoms with Gasteiger partial charge in [0.15, 0.2) is 0 Å². The molecule has 1 aliphatic heterocycles. The standard InChI is InChI=1S/C33H45N7O7/c1-19(39(8)31(46)47-33(5,6)7)27(41)36-26(32(2,3)4)29(43)40-16-15-23(37-38-34)25(40)28(42)35-24(30(44)45)18-20-13-14-21-11-9-10-12-22(21)17-20/h9-14,17,19,23-26H,15-16,18H2,1-8H3,(H,35,42)(H,36,41)(H,44,45)/t19-,23+,24-,25-,26+/m0/s1. The van der Waals surface area contributed by atoms with Crippen LogP contribution in [0.15, 0.2) is 47.6 Å². The minimum atomic E-state index is -1.34. The Labute approximate surface area is 274 Å². The third-order valence-electron chi connectivity index (χ3n) is 8.03. The lowest BCUT2D eigenvalue weighted by Gasteiger charge is -2.37. The van der Waals surface area contributed by atoms with E-state index in [1.165, 1.54) is 18.9 Å². The number of nitrogens with one attached hydrogen (secondary N) is 2. The fraction of sp³-hybridized carbons (Fsp3) is 0.545. The van der Waals surface area contributed by atoms with Gasteiger partial charge in [0.05, 0.1) is 6.04 Å². The summed E-state index contributed by atoms with van der Waals surface area (Å²) in [5.41, 5.74) is 8.27. The van der Waals surface area contributed by atoms with Crippen molar-refractivity contribution in [3.05, 3.63) is 58.5 Å². The van der Waals surface area contributed by atoms with Gasteiger partial charge in [0, 0.05) is 24.9 Å². The zero-order valence-electron chi connectivity index (χ0n) is 28.2. The van der Waals surface area contributed by atoms with Crippen LogP contribution < -0.4 is 10.6 Å². The Morgan fingerprint density at radius 1 is 1.06 bits per heavy atom. The number of hydrogen-bond acceptors (Lipinski definition) is 7. The normalized spacial score (nSPS) is 18.3. The fourth-order valence-electron chi connectivity index (χ4n) is 5.33. The Morgan fingerprint density at radius 3 is 2.28 bits per heavy atom. The number of hydrogen-bond donors (Lipinski definition) is 3. The van der Waals surface area contributed by atoms with Crippen LogP contribution >= 0.6 is 0 Å². The van der Waals surface area contributed by atoms with Gasteiger partial charge in [-0.3, -0.25) is 19.3 Å². The number of carboxylic acids is 1. The van der Waals surface area contributed by atoms with Crippen LogP contribution in [0, 0.1) is 5.41 Å². The molecule has 14 heteroatoms. The topological polar surface area (TPSA) is 194 Å². The predicted molar refractivity (Wildman–Crippen MR) is 175 cm³/mol. The molecule has 3 N–H and O–H groups in total. The lowest BCUT2D eigenvalue weighted by Crippen LogP contribution is -2.61. The van der Waals surface area contributed by atoms with Gasteiger partial charge in [0.1, 0.15) is 29.8 Å². The molecule has 0 radical (unpaired) electrons. The predicted octanol–water partition coefficient (Wildman–Crippen LogP) is 4.02. The number of carbonyl (C=O) groups is 5. The van der Waals surface area contributed by atoms with Gasteiger partial charge in [0.2, 0.25) is 17.7 Å². The number of carboxylic acid groups (broad SMARTS) is 1. The van der Waals surface area contributed by atoms with E-state index in [0.717, 1.165) is 15.7 Å². The molecule has 5 atom stereocenters. The highest BCUT2D eigenvalue weighted by molar-refractivity contribution is 5.96. The number of aliphatic carboxylic acids is 1. The van der Waals surface area contributed by atoms with Crippen LogP contribution in [0.4, 0.5) is 4.79 Å².